The molecular formula is C20H26IN5O. The van der Waals surface area contributed by atoms with Crippen molar-refractivity contribution < 1.29 is 4.74 Å². The number of guanidine groups is 1. The van der Waals surface area contributed by atoms with Gasteiger partial charge in [-0.2, -0.15) is 0 Å². The fourth-order valence-corrected chi connectivity index (χ4v) is 2.65. The second-order valence-electron chi connectivity index (χ2n) is 6.39. The molecule has 27 heavy (non-hydrogen) atoms. The molecule has 7 heteroatoms. The smallest absolute Gasteiger partial charge is 0.193 e. The number of halogens is 1. The Hall–Kier alpha value is -2.29. The highest BCUT2D eigenvalue weighted by molar-refractivity contribution is 14.0. The summed E-state index contributed by atoms with van der Waals surface area (Å²) in [5, 5.41) is 3.09. The Morgan fingerprint density at radius 2 is 1.93 bits per heavy atom. The maximum atomic E-state index is 5.95. The minimum Gasteiger partial charge on any atom is -0.491 e. The number of aliphatic imine (C=N–C) groups is 1. The van der Waals surface area contributed by atoms with Gasteiger partial charge in [0.15, 0.2) is 5.96 Å². The zero-order chi connectivity index (χ0) is 18.4. The minimum absolute atomic E-state index is 0. The molecule has 3 aromatic rings. The summed E-state index contributed by atoms with van der Waals surface area (Å²) in [6.07, 6.45) is 1.88. The van der Waals surface area contributed by atoms with Gasteiger partial charge in [0.25, 0.3) is 0 Å². The Balaban J connectivity index is 0.00000261. The van der Waals surface area contributed by atoms with Crippen molar-refractivity contribution in [3.63, 3.8) is 0 Å². The lowest BCUT2D eigenvalue weighted by Gasteiger charge is -2.10. The summed E-state index contributed by atoms with van der Waals surface area (Å²) >= 11 is 0. The number of anilines is 1. The molecule has 0 amide bonds. The molecule has 1 heterocycles. The van der Waals surface area contributed by atoms with E-state index >= 15 is 0 Å². The number of nitrogens with two attached hydrogens (primary N) is 1. The van der Waals surface area contributed by atoms with Crippen LogP contribution in [-0.4, -0.2) is 28.6 Å². The van der Waals surface area contributed by atoms with Gasteiger partial charge in [0.2, 0.25) is 0 Å². The molecule has 0 aliphatic carbocycles. The number of fused-ring (bicyclic) bond motifs is 1. The maximum Gasteiger partial charge on any atom is 0.193 e. The fourth-order valence-electron chi connectivity index (χ4n) is 2.65. The van der Waals surface area contributed by atoms with Gasteiger partial charge in [-0.1, -0.05) is 12.1 Å². The van der Waals surface area contributed by atoms with Crippen molar-refractivity contribution >= 4 is 46.7 Å². The van der Waals surface area contributed by atoms with Crippen molar-refractivity contribution in [2.24, 2.45) is 10.7 Å². The highest BCUT2D eigenvalue weighted by Gasteiger charge is 2.02. The van der Waals surface area contributed by atoms with Crippen molar-refractivity contribution in [3.05, 3.63) is 54.4 Å². The Morgan fingerprint density at radius 1 is 1.19 bits per heavy atom. The molecule has 0 saturated carbocycles. The van der Waals surface area contributed by atoms with E-state index in [-0.39, 0.29) is 30.1 Å². The standard InChI is InChI=1S/C20H25N5O.HI/c1-14(2)26-16-11-9-15(10-12-16)23-20(21)22-13-5-8-19-24-17-6-3-4-7-18(17)25-19;/h3-4,6-7,9-12,14H,5,8,13H2,1-2H3,(H,24,25)(H3,21,22,23);1H. The lowest BCUT2D eigenvalue weighted by molar-refractivity contribution is 0.242. The molecule has 0 aliphatic rings. The van der Waals surface area contributed by atoms with Gasteiger partial charge >= 0.3 is 0 Å². The predicted octanol–water partition coefficient (Wildman–Crippen LogP) is 4.33. The summed E-state index contributed by atoms with van der Waals surface area (Å²) in [6.45, 7) is 4.65. The third kappa shape index (κ3) is 6.42. The molecule has 0 spiro atoms. The summed E-state index contributed by atoms with van der Waals surface area (Å²) < 4.78 is 5.62. The number of hydrogen-bond donors (Lipinski definition) is 3. The summed E-state index contributed by atoms with van der Waals surface area (Å²) in [4.78, 5) is 12.3. The van der Waals surface area contributed by atoms with Crippen molar-refractivity contribution in [2.75, 3.05) is 11.9 Å². The van der Waals surface area contributed by atoms with Crippen LogP contribution in [0.4, 0.5) is 5.69 Å². The maximum absolute atomic E-state index is 5.95. The molecule has 0 bridgehead atoms. The second-order valence-corrected chi connectivity index (χ2v) is 6.39. The lowest BCUT2D eigenvalue weighted by atomic mass is 10.3. The van der Waals surface area contributed by atoms with Crippen molar-refractivity contribution in [3.8, 4) is 5.75 Å². The third-order valence-electron chi connectivity index (χ3n) is 3.79. The van der Waals surface area contributed by atoms with Gasteiger partial charge in [-0.3, -0.25) is 4.99 Å². The number of benzene rings is 2. The Kier molecular flexibility index (Phi) is 7.90. The molecule has 0 aliphatic heterocycles. The first-order chi connectivity index (χ1) is 12.6. The summed E-state index contributed by atoms with van der Waals surface area (Å²) in [7, 11) is 0. The topological polar surface area (TPSA) is 88.3 Å². The minimum atomic E-state index is 0. The van der Waals surface area contributed by atoms with E-state index in [9.17, 15) is 0 Å². The van der Waals surface area contributed by atoms with E-state index in [1.807, 2.05) is 62.4 Å². The van der Waals surface area contributed by atoms with Gasteiger partial charge in [-0.25, -0.2) is 4.98 Å². The fraction of sp³-hybridized carbons (Fsp3) is 0.300. The first-order valence-corrected chi connectivity index (χ1v) is 8.87. The second kappa shape index (κ2) is 10.1. The van der Waals surface area contributed by atoms with Crippen molar-refractivity contribution in [1.29, 1.82) is 0 Å². The van der Waals surface area contributed by atoms with Gasteiger partial charge in [0.1, 0.15) is 11.6 Å². The molecule has 2 aromatic carbocycles. The molecule has 4 N–H and O–H groups in total. The normalized spacial score (nSPS) is 11.4. The number of H-pyrrole nitrogens is 1. The highest BCUT2D eigenvalue weighted by Crippen LogP contribution is 2.16. The summed E-state index contributed by atoms with van der Waals surface area (Å²) in [5.74, 6) is 2.23. The van der Waals surface area contributed by atoms with Crippen molar-refractivity contribution in [2.45, 2.75) is 32.8 Å². The van der Waals surface area contributed by atoms with E-state index in [1.165, 1.54) is 0 Å². The first kappa shape index (κ1) is 21.0. The molecule has 0 atom stereocenters. The van der Waals surface area contributed by atoms with E-state index in [4.69, 9.17) is 10.5 Å². The number of aryl methyl sites for hydroxylation is 1. The largest absolute Gasteiger partial charge is 0.491 e. The van der Waals surface area contributed by atoms with Gasteiger partial charge in [0, 0.05) is 18.7 Å². The number of aromatic amines is 1. The summed E-state index contributed by atoms with van der Waals surface area (Å²) in [5.41, 5.74) is 8.90. The van der Waals surface area contributed by atoms with Crippen LogP contribution in [0.5, 0.6) is 5.75 Å². The molecule has 0 saturated heterocycles. The predicted molar refractivity (Wildman–Crippen MR) is 122 cm³/mol. The number of imidazole rings is 1. The van der Waals surface area contributed by atoms with Crippen LogP contribution in [0.1, 0.15) is 26.1 Å². The number of nitrogens with zero attached hydrogens (tertiary/aromatic N) is 2. The average molecular weight is 479 g/mol. The van der Waals surface area contributed by atoms with E-state index in [0.717, 1.165) is 41.1 Å². The van der Waals surface area contributed by atoms with Crippen molar-refractivity contribution in [1.82, 2.24) is 9.97 Å². The number of hydrogen-bond acceptors (Lipinski definition) is 3. The number of nitrogens with one attached hydrogen (secondary N) is 2. The zero-order valence-corrected chi connectivity index (χ0v) is 17.9. The molecule has 144 valence electrons. The Bertz CT molecular complexity index is 840. The molecule has 6 nitrogen and oxygen atoms in total. The van der Waals surface area contributed by atoms with Gasteiger partial charge in [-0.05, 0) is 56.7 Å². The van der Waals surface area contributed by atoms with Crippen LogP contribution in [-0.2, 0) is 6.42 Å². The SMILES string of the molecule is CC(C)Oc1ccc(NC(N)=NCCCc2nc3ccccc3[nH]2)cc1.I. The number of rotatable bonds is 7. The molecule has 3 rings (SSSR count). The number of ether oxygens (including phenoxy) is 1. The van der Waals surface area contributed by atoms with Crippen LogP contribution in [0, 0.1) is 0 Å². The van der Waals surface area contributed by atoms with Gasteiger partial charge in [-0.15, -0.1) is 24.0 Å². The summed E-state index contributed by atoms with van der Waals surface area (Å²) in [6, 6.07) is 15.7. The Labute approximate surface area is 176 Å². The van der Waals surface area contributed by atoms with Crippen LogP contribution in [0.15, 0.2) is 53.5 Å². The molecule has 0 radical (unpaired) electrons. The molecule has 0 unspecified atom stereocenters. The molecule has 1 aromatic heterocycles. The van der Waals surface area contributed by atoms with Crippen LogP contribution in [0.3, 0.4) is 0 Å². The average Bonchev–Trinajstić information content (AvgIpc) is 3.03. The van der Waals surface area contributed by atoms with E-state index < -0.39 is 0 Å². The lowest BCUT2D eigenvalue weighted by Crippen LogP contribution is -2.22. The first-order valence-electron chi connectivity index (χ1n) is 8.87. The van der Waals surface area contributed by atoms with E-state index in [1.54, 1.807) is 0 Å². The molecular weight excluding hydrogens is 453 g/mol. The van der Waals surface area contributed by atoms with Crippen LogP contribution in [0.2, 0.25) is 0 Å². The van der Waals surface area contributed by atoms with Crippen LogP contribution >= 0.6 is 24.0 Å². The zero-order valence-electron chi connectivity index (χ0n) is 15.6. The number of aromatic nitrogens is 2. The highest BCUT2D eigenvalue weighted by atomic mass is 127. The monoisotopic (exact) mass is 479 g/mol. The van der Waals surface area contributed by atoms with Gasteiger partial charge in [0.05, 0.1) is 17.1 Å². The number of para-hydroxylation sites is 2. The van der Waals surface area contributed by atoms with Crippen LogP contribution < -0.4 is 15.8 Å². The third-order valence-corrected chi connectivity index (χ3v) is 3.79. The Morgan fingerprint density at radius 3 is 2.63 bits per heavy atom. The van der Waals surface area contributed by atoms with E-state index in [0.29, 0.717) is 12.5 Å². The van der Waals surface area contributed by atoms with Crippen LogP contribution in [0.25, 0.3) is 11.0 Å². The van der Waals surface area contributed by atoms with Gasteiger partial charge < -0.3 is 20.8 Å². The molecule has 0 fully saturated rings. The quantitative estimate of drug-likeness (QED) is 0.204. The van der Waals surface area contributed by atoms with E-state index in [2.05, 4.69) is 20.3 Å².